The Morgan fingerprint density at radius 3 is 1.86 bits per heavy atom. The summed E-state index contributed by atoms with van der Waals surface area (Å²) >= 11 is 1.93. The van der Waals surface area contributed by atoms with Crippen molar-refractivity contribution < 1.29 is 0 Å². The molecular weight excluding hydrogens is 865 g/mol. The number of hydrogen-bond donors (Lipinski definition) is 1. The molecule has 2 heterocycles. The minimum atomic E-state index is -0.151. The first kappa shape index (κ1) is 43.6. The third-order valence-electron chi connectivity index (χ3n) is 17.7. The highest BCUT2D eigenvalue weighted by atomic mass is 32.1. The van der Waals surface area contributed by atoms with E-state index in [0.29, 0.717) is 0 Å². The van der Waals surface area contributed by atoms with Crippen molar-refractivity contribution >= 4 is 60.6 Å². The minimum absolute atomic E-state index is 0.0415. The van der Waals surface area contributed by atoms with E-state index < -0.39 is 0 Å². The first-order valence-corrected chi connectivity index (χ1v) is 26.6. The van der Waals surface area contributed by atoms with Gasteiger partial charge in [-0.1, -0.05) is 160 Å². The average Bonchev–Trinajstić information content (AvgIpc) is 3.87. The first-order valence-electron chi connectivity index (χ1n) is 25.7. The van der Waals surface area contributed by atoms with E-state index in [9.17, 15) is 0 Å². The SMILES string of the molecule is CC1(C)CCC(C)(C)c2cc3c(cc21)-c1c2c(cc4scc(c14)N3c1cc(-c3cc4c(cc3Nc3ccc(-c5ccccc5)cc3)C(C)(C)c3ccccc3-4)c3ccccc3c1)C(C)(C)CCC2(C)C. The van der Waals surface area contributed by atoms with Crippen molar-refractivity contribution in [2.75, 3.05) is 10.2 Å². The highest BCUT2D eigenvalue weighted by Crippen LogP contribution is 2.62. The van der Waals surface area contributed by atoms with Crippen molar-refractivity contribution in [3.05, 3.63) is 184 Å². The zero-order chi connectivity index (χ0) is 48.3. The molecule has 0 fully saturated rings. The van der Waals surface area contributed by atoms with E-state index in [1.54, 1.807) is 11.1 Å². The molecule has 3 aliphatic carbocycles. The molecule has 8 aromatic carbocycles. The third-order valence-corrected chi connectivity index (χ3v) is 18.7. The van der Waals surface area contributed by atoms with Gasteiger partial charge in [0.2, 0.25) is 0 Å². The van der Waals surface area contributed by atoms with Crippen molar-refractivity contribution in [3.63, 3.8) is 0 Å². The Balaban J connectivity index is 1.08. The third kappa shape index (κ3) is 6.35. The van der Waals surface area contributed by atoms with E-state index in [2.05, 4.69) is 230 Å². The monoisotopic (exact) mass is 928 g/mol. The van der Waals surface area contributed by atoms with Crippen LogP contribution in [0.25, 0.3) is 65.4 Å². The predicted octanol–water partition coefficient (Wildman–Crippen LogP) is 19.6. The van der Waals surface area contributed by atoms with Gasteiger partial charge in [-0.2, -0.15) is 0 Å². The smallest absolute Gasteiger partial charge is 0.0654 e. The molecule has 70 heavy (non-hydrogen) atoms. The molecule has 2 nitrogen and oxygen atoms in total. The quantitative estimate of drug-likeness (QED) is 0.185. The molecule has 0 saturated carbocycles. The number of anilines is 5. The second-order valence-corrected chi connectivity index (χ2v) is 25.3. The molecule has 1 aliphatic heterocycles. The van der Waals surface area contributed by atoms with E-state index >= 15 is 0 Å². The van der Waals surface area contributed by atoms with Gasteiger partial charge in [-0.3, -0.25) is 0 Å². The molecule has 348 valence electrons. The van der Waals surface area contributed by atoms with Crippen LogP contribution in [-0.2, 0) is 27.1 Å². The summed E-state index contributed by atoms with van der Waals surface area (Å²) in [4.78, 5) is 2.67. The predicted molar refractivity (Wildman–Crippen MR) is 302 cm³/mol. The van der Waals surface area contributed by atoms with Gasteiger partial charge < -0.3 is 10.2 Å². The van der Waals surface area contributed by atoms with Crippen LogP contribution in [0.4, 0.5) is 28.4 Å². The lowest BCUT2D eigenvalue weighted by molar-refractivity contribution is 0.331. The topological polar surface area (TPSA) is 15.3 Å². The Morgan fingerprint density at radius 2 is 1.10 bits per heavy atom. The minimum Gasteiger partial charge on any atom is -0.355 e. The van der Waals surface area contributed by atoms with Gasteiger partial charge in [0.1, 0.15) is 0 Å². The second-order valence-electron chi connectivity index (χ2n) is 24.4. The van der Waals surface area contributed by atoms with Crippen LogP contribution in [0.1, 0.15) is 128 Å². The maximum Gasteiger partial charge on any atom is 0.0654 e. The molecule has 0 bridgehead atoms. The molecule has 0 saturated heterocycles. The van der Waals surface area contributed by atoms with Crippen LogP contribution < -0.4 is 10.2 Å². The Bertz CT molecular complexity index is 3650. The summed E-state index contributed by atoms with van der Waals surface area (Å²) in [5.74, 6) is 0. The molecule has 1 aromatic heterocycles. The van der Waals surface area contributed by atoms with Crippen LogP contribution >= 0.6 is 11.3 Å². The van der Waals surface area contributed by atoms with Gasteiger partial charge in [0, 0.05) is 49.1 Å². The van der Waals surface area contributed by atoms with Crippen LogP contribution in [0, 0.1) is 0 Å². The zero-order valence-corrected chi connectivity index (χ0v) is 43.4. The zero-order valence-electron chi connectivity index (χ0n) is 42.6. The largest absolute Gasteiger partial charge is 0.355 e. The molecular formula is C67H64N2S. The van der Waals surface area contributed by atoms with Gasteiger partial charge >= 0.3 is 0 Å². The van der Waals surface area contributed by atoms with Crippen molar-refractivity contribution in [1.29, 1.82) is 0 Å². The average molecular weight is 929 g/mol. The van der Waals surface area contributed by atoms with Gasteiger partial charge in [0.05, 0.1) is 11.4 Å². The Morgan fingerprint density at radius 1 is 0.457 bits per heavy atom. The number of rotatable bonds is 5. The van der Waals surface area contributed by atoms with Crippen LogP contribution in [0.5, 0.6) is 0 Å². The van der Waals surface area contributed by atoms with Crippen LogP contribution in [0.15, 0.2) is 151 Å². The molecule has 4 aliphatic rings. The summed E-state index contributed by atoms with van der Waals surface area (Å²) in [6.45, 7) is 24.7. The van der Waals surface area contributed by atoms with Gasteiger partial charge in [-0.15, -0.1) is 11.3 Å². The summed E-state index contributed by atoms with van der Waals surface area (Å²) in [5, 5.41) is 10.4. The lowest BCUT2D eigenvalue weighted by Gasteiger charge is -2.46. The number of benzene rings is 8. The summed E-state index contributed by atoms with van der Waals surface area (Å²) in [5.41, 5.74) is 25.4. The summed E-state index contributed by atoms with van der Waals surface area (Å²) in [6, 6.07) is 55.7. The fraction of sp³-hybridized carbons (Fsp3) is 0.284. The highest BCUT2D eigenvalue weighted by molar-refractivity contribution is 7.18. The van der Waals surface area contributed by atoms with Crippen molar-refractivity contribution in [1.82, 2.24) is 0 Å². The number of hydrogen-bond acceptors (Lipinski definition) is 3. The van der Waals surface area contributed by atoms with Gasteiger partial charge in [-0.25, -0.2) is 0 Å². The van der Waals surface area contributed by atoms with Crippen molar-refractivity contribution in [2.24, 2.45) is 0 Å². The van der Waals surface area contributed by atoms with Crippen LogP contribution in [0.2, 0.25) is 0 Å². The normalized spacial score (nSPS) is 18.2. The molecule has 1 N–H and O–H groups in total. The summed E-state index contributed by atoms with van der Waals surface area (Å²) in [7, 11) is 0. The maximum absolute atomic E-state index is 4.03. The molecule has 13 rings (SSSR count). The molecule has 0 atom stereocenters. The van der Waals surface area contributed by atoms with E-state index in [1.807, 2.05) is 11.3 Å². The number of nitrogens with one attached hydrogen (secondary N) is 1. The molecule has 0 radical (unpaired) electrons. The fourth-order valence-corrected chi connectivity index (χ4v) is 14.4. The fourth-order valence-electron chi connectivity index (χ4n) is 13.4. The lowest BCUT2D eigenvalue weighted by atomic mass is 9.59. The first-order chi connectivity index (χ1) is 33.4. The summed E-state index contributed by atoms with van der Waals surface area (Å²) < 4.78 is 1.40. The van der Waals surface area contributed by atoms with E-state index in [1.165, 1.54) is 130 Å². The Kier molecular flexibility index (Phi) is 9.22. The molecule has 3 heteroatoms. The van der Waals surface area contributed by atoms with Crippen LogP contribution in [0.3, 0.4) is 0 Å². The molecule has 0 amide bonds. The van der Waals surface area contributed by atoms with Gasteiger partial charge in [-0.05, 0) is 179 Å². The van der Waals surface area contributed by atoms with E-state index in [-0.39, 0.29) is 27.1 Å². The van der Waals surface area contributed by atoms with E-state index in [0.717, 1.165) is 11.4 Å². The maximum atomic E-state index is 4.03. The van der Waals surface area contributed by atoms with Crippen molar-refractivity contribution in [2.45, 2.75) is 122 Å². The lowest BCUT2D eigenvalue weighted by Crippen LogP contribution is -2.36. The number of thiophene rings is 1. The second kappa shape index (κ2) is 14.8. The Labute approximate surface area is 419 Å². The van der Waals surface area contributed by atoms with Crippen LogP contribution in [-0.4, -0.2) is 0 Å². The summed E-state index contributed by atoms with van der Waals surface area (Å²) in [6.07, 6.45) is 4.73. The molecule has 0 spiro atoms. The highest BCUT2D eigenvalue weighted by Gasteiger charge is 2.45. The number of nitrogens with zero attached hydrogens (tertiary/aromatic N) is 1. The molecule has 0 unspecified atom stereocenters. The Hall–Kier alpha value is -6.42. The molecule has 9 aromatic rings. The van der Waals surface area contributed by atoms with E-state index in [4.69, 9.17) is 0 Å². The van der Waals surface area contributed by atoms with Gasteiger partial charge in [0.15, 0.2) is 0 Å². The standard InChI is InChI=1S/C67H64N2S/c1-63(2)28-29-64(3,4)54-37-57-50(35-53(54)63)60-61-58(39-70-59(61)38-55-62(60)66(7,8)31-30-65(55,5)6)69(57)44-32-42-20-14-15-21-45(42)47(33-44)49-34-48-46-22-16-17-23-51(46)67(9,10)52(48)36-56(49)68-43-26-24-41(25-27-43)40-18-12-11-13-19-40/h11-27,32-39,68H,28-31H2,1-10H3. The number of fused-ring (bicyclic) bond motifs is 9. The van der Waals surface area contributed by atoms with Gasteiger partial charge in [0.25, 0.3) is 0 Å². The van der Waals surface area contributed by atoms with Crippen molar-refractivity contribution in [3.8, 4) is 44.5 Å².